The Kier molecular flexibility index (Phi) is 8.14. The van der Waals surface area contributed by atoms with Gasteiger partial charge in [0.25, 0.3) is 0 Å². The highest BCUT2D eigenvalue weighted by molar-refractivity contribution is 4.93. The first-order chi connectivity index (χ1) is 5.85. The van der Waals surface area contributed by atoms with E-state index in [1.54, 1.807) is 7.11 Å². The van der Waals surface area contributed by atoms with Gasteiger partial charge in [-0.05, 0) is 6.42 Å². The molecule has 0 aliphatic carbocycles. The lowest BCUT2D eigenvalue weighted by Crippen LogP contribution is -2.13. The summed E-state index contributed by atoms with van der Waals surface area (Å²) in [6.07, 6.45) is 5.85. The molecule has 0 aromatic heterocycles. The topological polar surface area (TPSA) is 27.7 Å². The SMILES string of the molecule is C#CC(CC)OCOCCOC. The number of hydrogen-bond acceptors (Lipinski definition) is 3. The lowest BCUT2D eigenvalue weighted by molar-refractivity contribution is -0.0828. The fourth-order valence-electron chi connectivity index (χ4n) is 0.615. The Morgan fingerprint density at radius 3 is 2.67 bits per heavy atom. The van der Waals surface area contributed by atoms with Crippen molar-refractivity contribution in [2.24, 2.45) is 0 Å². The lowest BCUT2D eigenvalue weighted by atomic mass is 10.3. The molecular weight excluding hydrogens is 156 g/mol. The maximum absolute atomic E-state index is 5.17. The van der Waals surface area contributed by atoms with Crippen LogP contribution in [-0.4, -0.2) is 33.2 Å². The molecule has 1 unspecified atom stereocenters. The minimum atomic E-state index is -0.132. The molecule has 0 aromatic carbocycles. The molecular formula is C9H16O3. The van der Waals surface area contributed by atoms with E-state index < -0.39 is 0 Å². The summed E-state index contributed by atoms with van der Waals surface area (Å²) >= 11 is 0. The van der Waals surface area contributed by atoms with Crippen molar-refractivity contribution in [1.82, 2.24) is 0 Å². The molecule has 0 rings (SSSR count). The van der Waals surface area contributed by atoms with E-state index in [9.17, 15) is 0 Å². The lowest BCUT2D eigenvalue weighted by Gasteiger charge is -2.09. The summed E-state index contributed by atoms with van der Waals surface area (Å²) in [7, 11) is 1.63. The fourth-order valence-corrected chi connectivity index (χ4v) is 0.615. The Hall–Kier alpha value is -0.560. The molecule has 70 valence electrons. The van der Waals surface area contributed by atoms with E-state index in [4.69, 9.17) is 20.6 Å². The highest BCUT2D eigenvalue weighted by atomic mass is 16.7. The normalized spacial score (nSPS) is 12.4. The average molecular weight is 172 g/mol. The van der Waals surface area contributed by atoms with Gasteiger partial charge < -0.3 is 14.2 Å². The van der Waals surface area contributed by atoms with Crippen LogP contribution in [0.2, 0.25) is 0 Å². The number of ether oxygens (including phenoxy) is 3. The molecule has 0 heterocycles. The molecule has 0 saturated heterocycles. The van der Waals surface area contributed by atoms with E-state index in [0.29, 0.717) is 13.2 Å². The van der Waals surface area contributed by atoms with Crippen LogP contribution in [0, 0.1) is 12.3 Å². The van der Waals surface area contributed by atoms with Crippen molar-refractivity contribution in [3.05, 3.63) is 0 Å². The van der Waals surface area contributed by atoms with E-state index in [1.807, 2.05) is 6.92 Å². The summed E-state index contributed by atoms with van der Waals surface area (Å²) in [4.78, 5) is 0. The van der Waals surface area contributed by atoms with E-state index in [-0.39, 0.29) is 12.9 Å². The second-order valence-corrected chi connectivity index (χ2v) is 2.25. The van der Waals surface area contributed by atoms with Gasteiger partial charge in [0.2, 0.25) is 0 Å². The predicted octanol–water partition coefficient (Wildman–Crippen LogP) is 1.04. The van der Waals surface area contributed by atoms with Gasteiger partial charge in [0.05, 0.1) is 13.2 Å². The molecule has 0 radical (unpaired) electrons. The highest BCUT2D eigenvalue weighted by Crippen LogP contribution is 1.95. The Labute approximate surface area is 74.0 Å². The van der Waals surface area contributed by atoms with E-state index in [2.05, 4.69) is 5.92 Å². The highest BCUT2D eigenvalue weighted by Gasteiger charge is 1.99. The summed E-state index contributed by atoms with van der Waals surface area (Å²) in [5.41, 5.74) is 0. The Bertz CT molecular complexity index is 128. The van der Waals surface area contributed by atoms with Crippen LogP contribution < -0.4 is 0 Å². The van der Waals surface area contributed by atoms with Gasteiger partial charge in [-0.15, -0.1) is 6.42 Å². The first-order valence-corrected chi connectivity index (χ1v) is 3.99. The molecule has 0 fully saturated rings. The largest absolute Gasteiger partial charge is 0.382 e. The zero-order chi connectivity index (χ0) is 9.23. The van der Waals surface area contributed by atoms with Crippen LogP contribution in [0.1, 0.15) is 13.3 Å². The van der Waals surface area contributed by atoms with E-state index in [1.165, 1.54) is 0 Å². The van der Waals surface area contributed by atoms with Crippen LogP contribution in [0.4, 0.5) is 0 Å². The second-order valence-electron chi connectivity index (χ2n) is 2.25. The van der Waals surface area contributed by atoms with Gasteiger partial charge in [0.1, 0.15) is 12.9 Å². The quantitative estimate of drug-likeness (QED) is 0.326. The maximum atomic E-state index is 5.17. The number of methoxy groups -OCH3 is 1. The van der Waals surface area contributed by atoms with Gasteiger partial charge in [-0.3, -0.25) is 0 Å². The molecule has 0 spiro atoms. The molecule has 0 bridgehead atoms. The van der Waals surface area contributed by atoms with Gasteiger partial charge in [0, 0.05) is 7.11 Å². The van der Waals surface area contributed by atoms with Crippen molar-refractivity contribution in [3.63, 3.8) is 0 Å². The van der Waals surface area contributed by atoms with Crippen molar-refractivity contribution in [1.29, 1.82) is 0 Å². The average Bonchev–Trinajstić information content (AvgIpc) is 2.11. The maximum Gasteiger partial charge on any atom is 0.148 e. The summed E-state index contributed by atoms with van der Waals surface area (Å²) in [5.74, 6) is 2.51. The van der Waals surface area contributed by atoms with Gasteiger partial charge in [-0.25, -0.2) is 0 Å². The fraction of sp³-hybridized carbons (Fsp3) is 0.778. The molecule has 0 amide bonds. The zero-order valence-electron chi connectivity index (χ0n) is 7.71. The summed E-state index contributed by atoms with van der Waals surface area (Å²) in [5, 5.41) is 0. The molecule has 3 nitrogen and oxygen atoms in total. The van der Waals surface area contributed by atoms with Crippen molar-refractivity contribution < 1.29 is 14.2 Å². The summed E-state index contributed by atoms with van der Waals surface area (Å²) in [6.45, 7) is 3.33. The summed E-state index contributed by atoms with van der Waals surface area (Å²) in [6, 6.07) is 0. The molecule has 0 saturated carbocycles. The van der Waals surface area contributed by atoms with Crippen LogP contribution in [0.5, 0.6) is 0 Å². The Morgan fingerprint density at radius 1 is 1.42 bits per heavy atom. The van der Waals surface area contributed by atoms with Crippen LogP contribution in [0.15, 0.2) is 0 Å². The van der Waals surface area contributed by atoms with Crippen LogP contribution in [0.3, 0.4) is 0 Å². The van der Waals surface area contributed by atoms with Gasteiger partial charge in [-0.1, -0.05) is 12.8 Å². The number of terminal acetylenes is 1. The van der Waals surface area contributed by atoms with Crippen LogP contribution >= 0.6 is 0 Å². The van der Waals surface area contributed by atoms with E-state index in [0.717, 1.165) is 6.42 Å². The molecule has 0 aliphatic rings. The third-order valence-corrected chi connectivity index (χ3v) is 1.34. The smallest absolute Gasteiger partial charge is 0.148 e. The summed E-state index contributed by atoms with van der Waals surface area (Å²) < 4.78 is 15.0. The first kappa shape index (κ1) is 11.4. The van der Waals surface area contributed by atoms with Crippen molar-refractivity contribution in [2.75, 3.05) is 27.1 Å². The minimum Gasteiger partial charge on any atom is -0.382 e. The van der Waals surface area contributed by atoms with Crippen LogP contribution in [0.25, 0.3) is 0 Å². The third-order valence-electron chi connectivity index (χ3n) is 1.34. The molecule has 3 heteroatoms. The first-order valence-electron chi connectivity index (χ1n) is 3.99. The van der Waals surface area contributed by atoms with Crippen LogP contribution in [-0.2, 0) is 14.2 Å². The molecule has 0 N–H and O–H groups in total. The molecule has 0 aromatic rings. The number of hydrogen-bond donors (Lipinski definition) is 0. The zero-order valence-corrected chi connectivity index (χ0v) is 7.71. The minimum absolute atomic E-state index is 0.132. The second kappa shape index (κ2) is 8.54. The van der Waals surface area contributed by atoms with Crippen molar-refractivity contribution >= 4 is 0 Å². The van der Waals surface area contributed by atoms with Gasteiger partial charge in [0.15, 0.2) is 0 Å². The van der Waals surface area contributed by atoms with Gasteiger partial charge >= 0.3 is 0 Å². The Morgan fingerprint density at radius 2 is 2.17 bits per heavy atom. The van der Waals surface area contributed by atoms with Gasteiger partial charge in [-0.2, -0.15) is 0 Å². The Balaban J connectivity index is 3.13. The molecule has 0 aliphatic heterocycles. The third kappa shape index (κ3) is 6.17. The van der Waals surface area contributed by atoms with Crippen molar-refractivity contribution in [2.45, 2.75) is 19.4 Å². The molecule has 12 heavy (non-hydrogen) atoms. The van der Waals surface area contributed by atoms with Crippen molar-refractivity contribution in [3.8, 4) is 12.3 Å². The van der Waals surface area contributed by atoms with E-state index >= 15 is 0 Å². The number of rotatable bonds is 7. The predicted molar refractivity (Wildman–Crippen MR) is 46.7 cm³/mol. The standard InChI is InChI=1S/C9H16O3/c1-4-9(5-2)12-8-11-7-6-10-3/h1,9H,5-8H2,2-3H3. The molecule has 1 atom stereocenters. The monoisotopic (exact) mass is 172 g/mol.